The van der Waals surface area contributed by atoms with Gasteiger partial charge in [0.2, 0.25) is 0 Å². The van der Waals surface area contributed by atoms with Crippen LogP contribution in [0.25, 0.3) is 11.1 Å². The fourth-order valence-electron chi connectivity index (χ4n) is 3.61. The molecule has 12 heteroatoms. The lowest BCUT2D eigenvalue weighted by Gasteiger charge is -2.23. The zero-order chi connectivity index (χ0) is 26.1. The van der Waals surface area contributed by atoms with Gasteiger partial charge in [0.15, 0.2) is 0 Å². The van der Waals surface area contributed by atoms with E-state index in [1.807, 2.05) is 0 Å². The number of carbonyl (C=O) groups excluding carboxylic acids is 2. The Balaban J connectivity index is 1.97. The van der Waals surface area contributed by atoms with Gasteiger partial charge in [0.05, 0.1) is 21.4 Å². The topological polar surface area (TPSA) is 63.2 Å². The van der Waals surface area contributed by atoms with E-state index in [0.717, 1.165) is 27.6 Å². The van der Waals surface area contributed by atoms with Gasteiger partial charge in [-0.2, -0.15) is 0 Å². The molecular weight excluding hydrogens is 554 g/mol. The first-order valence-corrected chi connectivity index (χ1v) is 12.7. The van der Waals surface area contributed by atoms with Crippen LogP contribution < -0.4 is 4.90 Å². The molecule has 4 aromatic rings. The van der Waals surface area contributed by atoms with Crippen LogP contribution in [-0.2, 0) is 6.67 Å². The largest absolute Gasteiger partial charge is 0.282 e. The SMILES string of the molecule is Cc1nc(CF)c(C(=O)N(C(=O)c2sc(C)nc2C(F)F)c2ccccc2-c2cc(Cl)cc(Cl)c2)s1. The van der Waals surface area contributed by atoms with Crippen molar-refractivity contribution in [2.45, 2.75) is 26.9 Å². The number of aromatic nitrogens is 2. The number of para-hydroxylation sites is 1. The van der Waals surface area contributed by atoms with Gasteiger partial charge in [0.1, 0.15) is 22.1 Å². The van der Waals surface area contributed by atoms with Crippen LogP contribution >= 0.6 is 45.9 Å². The predicted octanol–water partition coefficient (Wildman–Crippen LogP) is 8.08. The molecule has 0 saturated carbocycles. The Hall–Kier alpha value is -2.79. The number of carbonyl (C=O) groups is 2. The summed E-state index contributed by atoms with van der Waals surface area (Å²) < 4.78 is 41.2. The summed E-state index contributed by atoms with van der Waals surface area (Å²) in [6.07, 6.45) is -3.04. The number of amides is 2. The molecule has 186 valence electrons. The molecule has 0 atom stereocenters. The molecule has 0 aliphatic rings. The molecule has 36 heavy (non-hydrogen) atoms. The van der Waals surface area contributed by atoms with E-state index in [-0.39, 0.29) is 21.3 Å². The predicted molar refractivity (Wildman–Crippen MR) is 137 cm³/mol. The van der Waals surface area contributed by atoms with Crippen LogP contribution in [0.3, 0.4) is 0 Å². The molecule has 0 aliphatic carbocycles. The van der Waals surface area contributed by atoms with E-state index in [4.69, 9.17) is 23.2 Å². The minimum atomic E-state index is -3.04. The summed E-state index contributed by atoms with van der Waals surface area (Å²) in [6, 6.07) is 11.1. The summed E-state index contributed by atoms with van der Waals surface area (Å²) >= 11 is 14.0. The van der Waals surface area contributed by atoms with Crippen molar-refractivity contribution in [1.82, 2.24) is 9.97 Å². The third-order valence-corrected chi connectivity index (χ3v) is 7.42. The zero-order valence-electron chi connectivity index (χ0n) is 18.7. The van der Waals surface area contributed by atoms with Crippen molar-refractivity contribution in [2.24, 2.45) is 0 Å². The third kappa shape index (κ3) is 5.17. The van der Waals surface area contributed by atoms with E-state index < -0.39 is 35.5 Å². The molecule has 0 spiro atoms. The molecule has 0 unspecified atom stereocenters. The van der Waals surface area contributed by atoms with Crippen LogP contribution in [0.4, 0.5) is 18.9 Å². The molecule has 2 aromatic carbocycles. The minimum absolute atomic E-state index is 0.0768. The minimum Gasteiger partial charge on any atom is -0.267 e. The average molecular weight is 570 g/mol. The summed E-state index contributed by atoms with van der Waals surface area (Å²) in [7, 11) is 0. The Morgan fingerprint density at radius 1 is 0.944 bits per heavy atom. The van der Waals surface area contributed by atoms with Crippen molar-refractivity contribution in [3.05, 3.63) is 83.7 Å². The van der Waals surface area contributed by atoms with Crippen molar-refractivity contribution in [2.75, 3.05) is 4.90 Å². The molecule has 0 saturated heterocycles. The first kappa shape index (κ1) is 26.3. The number of hydrogen-bond acceptors (Lipinski definition) is 6. The van der Waals surface area contributed by atoms with Crippen LogP contribution in [-0.4, -0.2) is 21.8 Å². The van der Waals surface area contributed by atoms with Crippen LogP contribution in [0.5, 0.6) is 0 Å². The fourth-order valence-corrected chi connectivity index (χ4v) is 5.84. The van der Waals surface area contributed by atoms with Crippen LogP contribution in [0.1, 0.15) is 47.2 Å². The molecule has 0 bridgehead atoms. The third-order valence-electron chi connectivity index (χ3n) is 5.01. The van der Waals surface area contributed by atoms with Crippen LogP contribution in [0.2, 0.25) is 10.0 Å². The highest BCUT2D eigenvalue weighted by atomic mass is 35.5. The highest BCUT2D eigenvalue weighted by molar-refractivity contribution is 7.14. The molecule has 2 aromatic heterocycles. The summed E-state index contributed by atoms with van der Waals surface area (Å²) in [6.45, 7) is 2.03. The van der Waals surface area contributed by atoms with Crippen molar-refractivity contribution in [3.8, 4) is 11.1 Å². The number of rotatable bonds is 6. The quantitative estimate of drug-likeness (QED) is 0.220. The number of imide groups is 1. The highest BCUT2D eigenvalue weighted by Gasteiger charge is 2.35. The maximum Gasteiger partial charge on any atom is 0.282 e. The Morgan fingerprint density at radius 2 is 1.53 bits per heavy atom. The summed E-state index contributed by atoms with van der Waals surface area (Å²) in [5.41, 5.74) is 0.0711. The molecule has 2 amide bonds. The Labute approximate surface area is 222 Å². The Morgan fingerprint density at radius 3 is 2.17 bits per heavy atom. The first-order chi connectivity index (χ1) is 17.1. The van der Waals surface area contributed by atoms with Gasteiger partial charge >= 0.3 is 0 Å². The van der Waals surface area contributed by atoms with Gasteiger partial charge in [0.25, 0.3) is 18.2 Å². The maximum atomic E-state index is 13.8. The number of anilines is 1. The lowest BCUT2D eigenvalue weighted by molar-refractivity contribution is 0.0893. The van der Waals surface area contributed by atoms with Gasteiger partial charge in [-0.1, -0.05) is 41.4 Å². The van der Waals surface area contributed by atoms with E-state index in [2.05, 4.69) is 9.97 Å². The fraction of sp³-hybridized carbons (Fsp3) is 0.167. The van der Waals surface area contributed by atoms with Crippen molar-refractivity contribution < 1.29 is 22.8 Å². The second-order valence-electron chi connectivity index (χ2n) is 7.51. The normalized spacial score (nSPS) is 11.2. The number of halogens is 5. The van der Waals surface area contributed by atoms with Gasteiger partial charge in [-0.05, 0) is 43.7 Å². The van der Waals surface area contributed by atoms with E-state index >= 15 is 0 Å². The van der Waals surface area contributed by atoms with E-state index in [9.17, 15) is 22.8 Å². The highest BCUT2D eigenvalue weighted by Crippen LogP contribution is 2.38. The number of hydrogen-bond donors (Lipinski definition) is 0. The standard InChI is InChI=1S/C24H16Cl2F3N3O2S2/c1-11-30-17(10-27)20(35-11)23(33)32(24(34)21-19(22(28)29)31-12(2)36-21)18-6-4-3-5-16(18)13-7-14(25)9-15(26)8-13/h3-9,22H,10H2,1-2H3. The summed E-state index contributed by atoms with van der Waals surface area (Å²) in [5.74, 6) is -1.91. The number of alkyl halides is 3. The molecule has 0 aliphatic heterocycles. The van der Waals surface area contributed by atoms with Gasteiger partial charge in [-0.3, -0.25) is 9.59 Å². The Bertz CT molecular complexity index is 1450. The van der Waals surface area contributed by atoms with E-state index in [0.29, 0.717) is 26.2 Å². The van der Waals surface area contributed by atoms with Crippen LogP contribution in [0, 0.1) is 13.8 Å². The number of benzene rings is 2. The average Bonchev–Trinajstić information content (AvgIpc) is 3.41. The number of nitrogens with zero attached hydrogens (tertiary/aromatic N) is 3. The number of aryl methyl sites for hydroxylation is 2. The van der Waals surface area contributed by atoms with Gasteiger partial charge in [-0.25, -0.2) is 28.0 Å². The summed E-state index contributed by atoms with van der Waals surface area (Å²) in [5, 5.41) is 1.27. The molecular formula is C24H16Cl2F3N3O2S2. The smallest absolute Gasteiger partial charge is 0.267 e. The molecule has 0 N–H and O–H groups in total. The van der Waals surface area contributed by atoms with Crippen molar-refractivity contribution >= 4 is 63.4 Å². The van der Waals surface area contributed by atoms with Crippen LogP contribution in [0.15, 0.2) is 42.5 Å². The van der Waals surface area contributed by atoms with Gasteiger partial charge < -0.3 is 0 Å². The second-order valence-corrected chi connectivity index (χ2v) is 10.8. The van der Waals surface area contributed by atoms with E-state index in [1.165, 1.54) is 19.1 Å². The molecule has 2 heterocycles. The van der Waals surface area contributed by atoms with Gasteiger partial charge in [-0.15, -0.1) is 22.7 Å². The first-order valence-electron chi connectivity index (χ1n) is 10.3. The van der Waals surface area contributed by atoms with Gasteiger partial charge in [0, 0.05) is 15.6 Å². The molecule has 5 nitrogen and oxygen atoms in total. The second kappa shape index (κ2) is 10.7. The van der Waals surface area contributed by atoms with Crippen molar-refractivity contribution in [3.63, 3.8) is 0 Å². The zero-order valence-corrected chi connectivity index (χ0v) is 21.8. The lowest BCUT2D eigenvalue weighted by atomic mass is 10.0. The summed E-state index contributed by atoms with van der Waals surface area (Å²) in [4.78, 5) is 35.7. The molecule has 4 rings (SSSR count). The monoisotopic (exact) mass is 569 g/mol. The Kier molecular flexibility index (Phi) is 7.79. The molecule has 0 fully saturated rings. The number of thiazole rings is 2. The van der Waals surface area contributed by atoms with Crippen molar-refractivity contribution in [1.29, 1.82) is 0 Å². The van der Waals surface area contributed by atoms with E-state index in [1.54, 1.807) is 37.3 Å². The lowest BCUT2D eigenvalue weighted by Crippen LogP contribution is -2.37. The molecule has 0 radical (unpaired) electrons. The maximum absolute atomic E-state index is 13.8.